The topological polar surface area (TPSA) is 88.1 Å². The van der Waals surface area contributed by atoms with E-state index in [1.165, 1.54) is 32.0 Å². The Morgan fingerprint density at radius 2 is 1.18 bits per heavy atom. The van der Waals surface area contributed by atoms with Gasteiger partial charge in [0.15, 0.2) is 11.5 Å². The molecule has 0 atom stereocenters. The number of halogens is 1. The number of hydrogen-bond acceptors (Lipinski definition) is 7. The fourth-order valence-electron chi connectivity index (χ4n) is 3.30. The summed E-state index contributed by atoms with van der Waals surface area (Å²) < 4.78 is 36.4. The van der Waals surface area contributed by atoms with Gasteiger partial charge in [-0.15, -0.1) is 0 Å². The number of ether oxygens (including phenoxy) is 4. The lowest BCUT2D eigenvalue weighted by Crippen LogP contribution is -2.12. The molecule has 3 rings (SSSR count). The molecule has 3 aromatic carbocycles. The van der Waals surface area contributed by atoms with Crippen LogP contribution in [0.5, 0.6) is 17.2 Å². The molecule has 206 valence electrons. The Balaban J connectivity index is 1.78. The standard InChI is InChI=1S/C32H29FO7/c1-19(2)30(34)38-16-15-37-25-11-7-22(8-12-25)26-13-9-23(17-27(26)33)24-10-14-28(39-31(35)20(3)4)29(18-24)40-32(36)21(5)6/h7-14,17-18H,1,3,5,15-16H2,2,4,6H3. The molecule has 0 aromatic heterocycles. The molecule has 0 unspecified atom stereocenters. The lowest BCUT2D eigenvalue weighted by Gasteiger charge is -2.13. The van der Waals surface area contributed by atoms with Crippen LogP contribution in [0.1, 0.15) is 20.8 Å². The first-order valence-electron chi connectivity index (χ1n) is 12.2. The summed E-state index contributed by atoms with van der Waals surface area (Å²) in [6.07, 6.45) is 0. The van der Waals surface area contributed by atoms with Crippen LogP contribution in [0.25, 0.3) is 22.3 Å². The number of rotatable bonds is 11. The first-order valence-corrected chi connectivity index (χ1v) is 12.2. The first kappa shape index (κ1) is 29.6. The molecule has 0 amide bonds. The van der Waals surface area contributed by atoms with Gasteiger partial charge in [0, 0.05) is 22.3 Å². The van der Waals surface area contributed by atoms with Crippen LogP contribution in [0.2, 0.25) is 0 Å². The minimum atomic E-state index is -0.702. The lowest BCUT2D eigenvalue weighted by atomic mass is 9.99. The summed E-state index contributed by atoms with van der Waals surface area (Å²) in [4.78, 5) is 35.6. The second kappa shape index (κ2) is 13.2. The van der Waals surface area contributed by atoms with Gasteiger partial charge in [0.05, 0.1) is 0 Å². The predicted molar refractivity (Wildman–Crippen MR) is 149 cm³/mol. The van der Waals surface area contributed by atoms with Crippen LogP contribution in [-0.2, 0) is 19.1 Å². The minimum Gasteiger partial charge on any atom is -0.490 e. The molecule has 0 radical (unpaired) electrons. The van der Waals surface area contributed by atoms with Crippen LogP contribution in [0, 0.1) is 5.82 Å². The van der Waals surface area contributed by atoms with Crippen LogP contribution < -0.4 is 14.2 Å². The van der Waals surface area contributed by atoms with Gasteiger partial charge in [0.25, 0.3) is 0 Å². The number of esters is 3. The van der Waals surface area contributed by atoms with E-state index in [2.05, 4.69) is 19.7 Å². The number of carbonyl (C=O) groups excluding carboxylic acids is 3. The molecule has 0 aliphatic heterocycles. The lowest BCUT2D eigenvalue weighted by molar-refractivity contribution is -0.139. The van der Waals surface area contributed by atoms with Crippen molar-refractivity contribution in [2.24, 2.45) is 0 Å². The van der Waals surface area contributed by atoms with Crippen molar-refractivity contribution in [1.29, 1.82) is 0 Å². The van der Waals surface area contributed by atoms with E-state index < -0.39 is 23.7 Å². The fourth-order valence-corrected chi connectivity index (χ4v) is 3.30. The molecule has 0 spiro atoms. The maximum Gasteiger partial charge on any atom is 0.338 e. The van der Waals surface area contributed by atoms with Crippen molar-refractivity contribution < 1.29 is 37.7 Å². The van der Waals surface area contributed by atoms with E-state index in [-0.39, 0.29) is 35.9 Å². The van der Waals surface area contributed by atoms with Crippen molar-refractivity contribution in [2.45, 2.75) is 20.8 Å². The van der Waals surface area contributed by atoms with E-state index in [1.807, 2.05) is 0 Å². The number of carbonyl (C=O) groups is 3. The van der Waals surface area contributed by atoms with Crippen LogP contribution in [0.3, 0.4) is 0 Å². The highest BCUT2D eigenvalue weighted by atomic mass is 19.1. The Labute approximate surface area is 232 Å². The molecule has 0 N–H and O–H groups in total. The highest BCUT2D eigenvalue weighted by molar-refractivity contribution is 5.91. The molecule has 0 heterocycles. The van der Waals surface area contributed by atoms with E-state index in [4.69, 9.17) is 18.9 Å². The molecule has 40 heavy (non-hydrogen) atoms. The first-order chi connectivity index (χ1) is 19.0. The second-order valence-corrected chi connectivity index (χ2v) is 8.98. The van der Waals surface area contributed by atoms with Gasteiger partial charge in [0.2, 0.25) is 0 Å². The Hall–Kier alpha value is -4.98. The number of hydrogen-bond donors (Lipinski definition) is 0. The van der Waals surface area contributed by atoms with Crippen LogP contribution in [-0.4, -0.2) is 31.1 Å². The average molecular weight is 545 g/mol. The van der Waals surface area contributed by atoms with Gasteiger partial charge in [-0.25, -0.2) is 18.8 Å². The van der Waals surface area contributed by atoms with Crippen molar-refractivity contribution in [2.75, 3.05) is 13.2 Å². The normalized spacial score (nSPS) is 10.3. The van der Waals surface area contributed by atoms with Crippen LogP contribution in [0.4, 0.5) is 4.39 Å². The maximum absolute atomic E-state index is 15.2. The van der Waals surface area contributed by atoms with E-state index in [1.54, 1.807) is 49.4 Å². The SMILES string of the molecule is C=C(C)C(=O)OCCOc1ccc(-c2ccc(-c3ccc(OC(=O)C(=C)C)c(OC(=O)C(=C)C)c3)cc2F)cc1. The monoisotopic (exact) mass is 544 g/mol. The van der Waals surface area contributed by atoms with Crippen molar-refractivity contribution >= 4 is 17.9 Å². The molecule has 7 nitrogen and oxygen atoms in total. The molecule has 0 saturated heterocycles. The highest BCUT2D eigenvalue weighted by Crippen LogP contribution is 2.35. The van der Waals surface area contributed by atoms with Gasteiger partial charge in [-0.05, 0) is 67.8 Å². The molecule has 0 bridgehead atoms. The summed E-state index contributed by atoms with van der Waals surface area (Å²) >= 11 is 0. The summed E-state index contributed by atoms with van der Waals surface area (Å²) in [6.45, 7) is 15.4. The zero-order valence-electron chi connectivity index (χ0n) is 22.5. The molecule has 0 saturated carbocycles. The molecule has 0 fully saturated rings. The summed E-state index contributed by atoms with van der Waals surface area (Å²) in [5, 5.41) is 0. The van der Waals surface area contributed by atoms with E-state index in [0.717, 1.165) is 0 Å². The second-order valence-electron chi connectivity index (χ2n) is 8.98. The van der Waals surface area contributed by atoms with E-state index >= 15 is 4.39 Å². The Morgan fingerprint density at radius 1 is 0.650 bits per heavy atom. The molecular formula is C32H29FO7. The largest absolute Gasteiger partial charge is 0.490 e. The smallest absolute Gasteiger partial charge is 0.338 e. The molecule has 0 aliphatic rings. The van der Waals surface area contributed by atoms with Crippen molar-refractivity contribution in [3.63, 3.8) is 0 Å². The van der Waals surface area contributed by atoms with E-state index in [0.29, 0.717) is 33.6 Å². The summed E-state index contributed by atoms with van der Waals surface area (Å²) in [5.41, 5.74) is 2.67. The molecule has 3 aromatic rings. The Bertz CT molecular complexity index is 1490. The van der Waals surface area contributed by atoms with Gasteiger partial charge in [0.1, 0.15) is 24.8 Å². The Kier molecular flexibility index (Phi) is 9.76. The van der Waals surface area contributed by atoms with Gasteiger partial charge in [-0.2, -0.15) is 0 Å². The minimum absolute atomic E-state index is 0.0136. The third kappa shape index (κ3) is 7.77. The van der Waals surface area contributed by atoms with Crippen LogP contribution in [0.15, 0.2) is 97.1 Å². The van der Waals surface area contributed by atoms with Gasteiger partial charge in [-0.1, -0.05) is 50.1 Å². The summed E-state index contributed by atoms with van der Waals surface area (Å²) in [5.74, 6) is -1.81. The quantitative estimate of drug-likeness (QED) is 0.116. The third-order valence-electron chi connectivity index (χ3n) is 5.45. The average Bonchev–Trinajstić information content (AvgIpc) is 2.92. The van der Waals surface area contributed by atoms with Gasteiger partial charge in [-0.3, -0.25) is 0 Å². The van der Waals surface area contributed by atoms with Crippen molar-refractivity contribution in [3.8, 4) is 39.5 Å². The van der Waals surface area contributed by atoms with Crippen LogP contribution >= 0.6 is 0 Å². The van der Waals surface area contributed by atoms with Gasteiger partial charge >= 0.3 is 17.9 Å². The van der Waals surface area contributed by atoms with E-state index in [9.17, 15) is 14.4 Å². The van der Waals surface area contributed by atoms with Gasteiger partial charge < -0.3 is 18.9 Å². The zero-order valence-corrected chi connectivity index (χ0v) is 22.5. The summed E-state index contributed by atoms with van der Waals surface area (Å²) in [7, 11) is 0. The van der Waals surface area contributed by atoms with Crippen molar-refractivity contribution in [3.05, 3.63) is 103 Å². The molecule has 8 heteroatoms. The van der Waals surface area contributed by atoms with Crippen molar-refractivity contribution in [1.82, 2.24) is 0 Å². The molecule has 0 aliphatic carbocycles. The predicted octanol–water partition coefficient (Wildman–Crippen LogP) is 6.62. The fraction of sp³-hybridized carbons (Fsp3) is 0.156. The third-order valence-corrected chi connectivity index (χ3v) is 5.45. The zero-order chi connectivity index (χ0) is 29.4. The maximum atomic E-state index is 15.2. The molecular weight excluding hydrogens is 515 g/mol. The highest BCUT2D eigenvalue weighted by Gasteiger charge is 2.17. The Morgan fingerprint density at radius 3 is 1.75 bits per heavy atom. The number of benzene rings is 3. The summed E-state index contributed by atoms with van der Waals surface area (Å²) in [6, 6.07) is 16.1.